The van der Waals surface area contributed by atoms with Gasteiger partial charge in [-0.15, -0.1) is 0 Å². The summed E-state index contributed by atoms with van der Waals surface area (Å²) in [4.78, 5) is 6.78. The van der Waals surface area contributed by atoms with E-state index in [1.54, 1.807) is 13.1 Å². The van der Waals surface area contributed by atoms with Gasteiger partial charge in [-0.1, -0.05) is 49.1 Å². The zero-order chi connectivity index (χ0) is 18.9. The molecule has 0 radical (unpaired) electrons. The number of aliphatic imine (C=N–C) groups is 1. The number of anilines is 1. The molecule has 142 valence electrons. The molecule has 27 heavy (non-hydrogen) atoms. The summed E-state index contributed by atoms with van der Waals surface area (Å²) < 4.78 is 5.72. The molecule has 1 unspecified atom stereocenters. The van der Waals surface area contributed by atoms with E-state index in [0.717, 1.165) is 36.8 Å². The summed E-state index contributed by atoms with van der Waals surface area (Å²) in [6, 6.07) is 19.0. The van der Waals surface area contributed by atoms with Crippen LogP contribution in [0.15, 0.2) is 72.2 Å². The Kier molecular flexibility index (Phi) is 6.74. The molecular weight excluding hydrogens is 336 g/mol. The Balaban J connectivity index is 1.53. The maximum absolute atomic E-state index is 5.72. The minimum Gasteiger partial charge on any atom is -0.489 e. The second kappa shape index (κ2) is 9.67. The molecule has 1 heterocycles. The summed E-state index contributed by atoms with van der Waals surface area (Å²) in [5, 5.41) is 6.94. The molecule has 5 heteroatoms. The average Bonchev–Trinajstić information content (AvgIpc) is 3.19. The zero-order valence-corrected chi connectivity index (χ0v) is 15.9. The van der Waals surface area contributed by atoms with Crippen LogP contribution in [0.1, 0.15) is 12.0 Å². The molecule has 5 nitrogen and oxygen atoms in total. The van der Waals surface area contributed by atoms with Crippen LogP contribution in [0, 0.1) is 0 Å². The third-order valence-electron chi connectivity index (χ3n) is 4.65. The number of rotatable bonds is 7. The van der Waals surface area contributed by atoms with Crippen LogP contribution in [0.4, 0.5) is 5.69 Å². The first-order valence-corrected chi connectivity index (χ1v) is 9.39. The van der Waals surface area contributed by atoms with Crippen molar-refractivity contribution in [1.82, 2.24) is 10.6 Å². The third kappa shape index (κ3) is 5.26. The first kappa shape index (κ1) is 18.8. The van der Waals surface area contributed by atoms with Crippen molar-refractivity contribution in [3.8, 4) is 5.75 Å². The van der Waals surface area contributed by atoms with Crippen molar-refractivity contribution in [2.75, 3.05) is 31.6 Å². The molecule has 2 aromatic rings. The molecule has 3 rings (SSSR count). The summed E-state index contributed by atoms with van der Waals surface area (Å²) >= 11 is 0. The minimum absolute atomic E-state index is 0.378. The van der Waals surface area contributed by atoms with Crippen LogP contribution in [0.5, 0.6) is 5.75 Å². The van der Waals surface area contributed by atoms with Crippen LogP contribution in [0.3, 0.4) is 0 Å². The van der Waals surface area contributed by atoms with Gasteiger partial charge in [0.1, 0.15) is 12.4 Å². The number of nitrogens with one attached hydrogen (secondary N) is 2. The summed E-state index contributed by atoms with van der Waals surface area (Å²) in [5.74, 6) is 1.69. The van der Waals surface area contributed by atoms with E-state index in [2.05, 4.69) is 63.5 Å². The molecule has 1 saturated heterocycles. The zero-order valence-electron chi connectivity index (χ0n) is 15.9. The van der Waals surface area contributed by atoms with Gasteiger partial charge in [-0.05, 0) is 24.6 Å². The smallest absolute Gasteiger partial charge is 0.191 e. The largest absolute Gasteiger partial charge is 0.489 e. The molecule has 2 aromatic carbocycles. The summed E-state index contributed by atoms with van der Waals surface area (Å²) in [5.41, 5.74) is 2.37. The fourth-order valence-electron chi connectivity index (χ4n) is 3.26. The van der Waals surface area contributed by atoms with Crippen molar-refractivity contribution < 1.29 is 4.74 Å². The van der Waals surface area contributed by atoms with E-state index in [-0.39, 0.29) is 0 Å². The van der Waals surface area contributed by atoms with Gasteiger partial charge in [-0.2, -0.15) is 0 Å². The molecule has 1 fully saturated rings. The maximum atomic E-state index is 5.72. The van der Waals surface area contributed by atoms with E-state index >= 15 is 0 Å². The lowest BCUT2D eigenvalue weighted by atomic mass is 10.2. The van der Waals surface area contributed by atoms with Gasteiger partial charge in [0, 0.05) is 44.0 Å². The van der Waals surface area contributed by atoms with Crippen molar-refractivity contribution in [2.24, 2.45) is 4.99 Å². The van der Waals surface area contributed by atoms with E-state index in [1.165, 1.54) is 5.69 Å². The van der Waals surface area contributed by atoms with Gasteiger partial charge in [0.2, 0.25) is 0 Å². The molecule has 0 bridgehead atoms. The van der Waals surface area contributed by atoms with Gasteiger partial charge in [-0.3, -0.25) is 4.99 Å². The predicted octanol–water partition coefficient (Wildman–Crippen LogP) is 3.20. The highest BCUT2D eigenvalue weighted by Gasteiger charge is 2.23. The second-order valence-electron chi connectivity index (χ2n) is 6.54. The molecule has 1 atom stereocenters. The summed E-state index contributed by atoms with van der Waals surface area (Å²) in [6.45, 7) is 6.89. The molecule has 1 aliphatic heterocycles. The first-order chi connectivity index (χ1) is 13.3. The second-order valence-corrected chi connectivity index (χ2v) is 6.54. The standard InChI is InChI=1S/C22H28N4O/c1-3-15-27-21-12-8-7-9-18(21)16-24-22(23-2)25-19-13-14-26(17-19)20-10-5-4-6-11-20/h3-12,19H,1,13-17H2,2H3,(H2,23,24,25). The van der Waals surface area contributed by atoms with Crippen LogP contribution in [0.2, 0.25) is 0 Å². The van der Waals surface area contributed by atoms with Crippen molar-refractivity contribution in [1.29, 1.82) is 0 Å². The Morgan fingerprint density at radius 2 is 2.00 bits per heavy atom. The van der Waals surface area contributed by atoms with Crippen molar-refractivity contribution in [2.45, 2.75) is 19.0 Å². The lowest BCUT2D eigenvalue weighted by Crippen LogP contribution is -2.44. The van der Waals surface area contributed by atoms with Gasteiger partial charge in [0.15, 0.2) is 5.96 Å². The van der Waals surface area contributed by atoms with E-state index < -0.39 is 0 Å². The Labute approximate surface area is 161 Å². The number of hydrogen-bond acceptors (Lipinski definition) is 3. The predicted molar refractivity (Wildman–Crippen MR) is 113 cm³/mol. The van der Waals surface area contributed by atoms with Crippen LogP contribution in [-0.4, -0.2) is 38.7 Å². The van der Waals surface area contributed by atoms with Gasteiger partial charge in [0.05, 0.1) is 0 Å². The average molecular weight is 364 g/mol. The molecule has 0 spiro atoms. The number of guanidine groups is 1. The Morgan fingerprint density at radius 3 is 2.78 bits per heavy atom. The van der Waals surface area contributed by atoms with E-state index in [4.69, 9.17) is 4.74 Å². The quantitative estimate of drug-likeness (QED) is 0.450. The fourth-order valence-corrected chi connectivity index (χ4v) is 3.26. The van der Waals surface area contributed by atoms with Crippen LogP contribution >= 0.6 is 0 Å². The van der Waals surface area contributed by atoms with Gasteiger partial charge in [0.25, 0.3) is 0 Å². The molecule has 0 amide bonds. The van der Waals surface area contributed by atoms with Crippen LogP contribution < -0.4 is 20.3 Å². The monoisotopic (exact) mass is 364 g/mol. The number of nitrogens with zero attached hydrogens (tertiary/aromatic N) is 2. The Morgan fingerprint density at radius 1 is 1.22 bits per heavy atom. The van der Waals surface area contributed by atoms with Crippen LogP contribution in [-0.2, 0) is 6.54 Å². The number of ether oxygens (including phenoxy) is 1. The number of para-hydroxylation sites is 2. The first-order valence-electron chi connectivity index (χ1n) is 9.39. The lowest BCUT2D eigenvalue weighted by molar-refractivity contribution is 0.358. The highest BCUT2D eigenvalue weighted by Crippen LogP contribution is 2.20. The molecule has 0 aliphatic carbocycles. The molecule has 2 N–H and O–H groups in total. The van der Waals surface area contributed by atoms with Gasteiger partial charge in [-0.25, -0.2) is 0 Å². The van der Waals surface area contributed by atoms with Crippen molar-refractivity contribution in [3.63, 3.8) is 0 Å². The van der Waals surface area contributed by atoms with E-state index in [9.17, 15) is 0 Å². The topological polar surface area (TPSA) is 48.9 Å². The van der Waals surface area contributed by atoms with Crippen molar-refractivity contribution in [3.05, 3.63) is 72.8 Å². The number of benzene rings is 2. The van der Waals surface area contributed by atoms with E-state index in [0.29, 0.717) is 19.2 Å². The van der Waals surface area contributed by atoms with Gasteiger partial charge >= 0.3 is 0 Å². The van der Waals surface area contributed by atoms with E-state index in [1.807, 2.05) is 18.2 Å². The van der Waals surface area contributed by atoms with Crippen molar-refractivity contribution >= 4 is 11.6 Å². The highest BCUT2D eigenvalue weighted by atomic mass is 16.5. The van der Waals surface area contributed by atoms with Gasteiger partial charge < -0.3 is 20.3 Å². The molecule has 0 saturated carbocycles. The summed E-state index contributed by atoms with van der Waals surface area (Å²) in [7, 11) is 1.80. The normalized spacial score (nSPS) is 16.9. The molecular formula is C22H28N4O. The highest BCUT2D eigenvalue weighted by molar-refractivity contribution is 5.80. The van der Waals surface area contributed by atoms with Crippen LogP contribution in [0.25, 0.3) is 0 Å². The SMILES string of the molecule is C=CCOc1ccccc1CNC(=NC)NC1CCN(c2ccccc2)C1. The Hall–Kier alpha value is -2.95. The minimum atomic E-state index is 0.378. The summed E-state index contributed by atoms with van der Waals surface area (Å²) in [6.07, 6.45) is 2.85. The maximum Gasteiger partial charge on any atom is 0.191 e. The molecule has 1 aliphatic rings. The fraction of sp³-hybridized carbons (Fsp3) is 0.318. The third-order valence-corrected chi connectivity index (χ3v) is 4.65. The lowest BCUT2D eigenvalue weighted by Gasteiger charge is -2.20. The molecule has 0 aromatic heterocycles. The Bertz CT molecular complexity index is 760. The number of hydrogen-bond donors (Lipinski definition) is 2.